The molecule has 0 unspecified atom stereocenters. The molecule has 0 aliphatic heterocycles. The minimum Gasteiger partial charge on any atom is -0.270 e. The van der Waals surface area contributed by atoms with Crippen molar-refractivity contribution in [2.24, 2.45) is 5.92 Å². The maximum Gasteiger partial charge on any atom is 0.290 e. The van der Waals surface area contributed by atoms with Crippen LogP contribution in [-0.4, -0.2) is 15.7 Å². The molecule has 0 amide bonds. The van der Waals surface area contributed by atoms with Crippen molar-refractivity contribution in [3.63, 3.8) is 0 Å². The number of nitrogens with zero attached hydrogens (tertiary/aromatic N) is 2. The Labute approximate surface area is 101 Å². The Balaban J connectivity index is 2.04. The highest BCUT2D eigenvalue weighted by molar-refractivity contribution is 6.31. The zero-order valence-corrected chi connectivity index (χ0v) is 9.82. The smallest absolute Gasteiger partial charge is 0.270 e. The Kier molecular flexibility index (Phi) is 2.88. The van der Waals surface area contributed by atoms with Gasteiger partial charge in [0, 0.05) is 32.5 Å². The number of alkyl halides is 4. The van der Waals surface area contributed by atoms with Crippen LogP contribution in [0.15, 0.2) is 6.20 Å². The first kappa shape index (κ1) is 12.7. The van der Waals surface area contributed by atoms with E-state index in [4.69, 9.17) is 11.6 Å². The van der Waals surface area contributed by atoms with Crippen molar-refractivity contribution in [2.45, 2.75) is 38.2 Å². The third-order valence-corrected chi connectivity index (χ3v) is 3.03. The van der Waals surface area contributed by atoms with Crippen molar-refractivity contribution in [3.05, 3.63) is 16.9 Å². The molecule has 2 rings (SSSR count). The minimum absolute atomic E-state index is 0.136. The molecule has 1 fully saturated rings. The van der Waals surface area contributed by atoms with Gasteiger partial charge in [-0.1, -0.05) is 11.6 Å². The molecule has 1 aliphatic rings. The van der Waals surface area contributed by atoms with Gasteiger partial charge in [-0.05, 0) is 5.92 Å². The molecule has 0 saturated heterocycles. The molecule has 0 aromatic carbocycles. The van der Waals surface area contributed by atoms with Crippen LogP contribution in [0.1, 0.15) is 25.5 Å². The fraction of sp³-hybridized carbons (Fsp3) is 0.700. The predicted octanol–water partition coefficient (Wildman–Crippen LogP) is 3.69. The highest BCUT2D eigenvalue weighted by Crippen LogP contribution is 2.43. The number of hydrogen-bond donors (Lipinski definition) is 0. The van der Waals surface area contributed by atoms with Crippen molar-refractivity contribution in [1.29, 1.82) is 0 Å². The highest BCUT2D eigenvalue weighted by Gasteiger charge is 2.45. The van der Waals surface area contributed by atoms with Gasteiger partial charge in [-0.3, -0.25) is 4.68 Å². The first-order chi connectivity index (χ1) is 7.67. The van der Waals surface area contributed by atoms with E-state index in [-0.39, 0.29) is 30.3 Å². The lowest BCUT2D eigenvalue weighted by Gasteiger charge is -2.34. The molecule has 1 aromatic heterocycles. The Bertz CT molecular complexity index is 416. The zero-order chi connectivity index (χ0) is 12.8. The molecular weight excluding hydrogens is 260 g/mol. The Morgan fingerprint density at radius 3 is 2.53 bits per heavy atom. The second-order valence-electron chi connectivity index (χ2n) is 4.57. The van der Waals surface area contributed by atoms with Crippen molar-refractivity contribution in [1.82, 2.24) is 9.78 Å². The quantitative estimate of drug-likeness (QED) is 0.766. The van der Waals surface area contributed by atoms with Crippen molar-refractivity contribution in [3.8, 4) is 0 Å². The number of aromatic nitrogens is 2. The summed E-state index contributed by atoms with van der Waals surface area (Å²) in [6.07, 6.45) is 0.815. The molecule has 2 nitrogen and oxygen atoms in total. The summed E-state index contributed by atoms with van der Waals surface area (Å²) < 4.78 is 52.4. The van der Waals surface area contributed by atoms with Gasteiger partial charge in [0.25, 0.3) is 5.92 Å². The molecule has 7 heteroatoms. The van der Waals surface area contributed by atoms with E-state index in [1.54, 1.807) is 0 Å². The van der Waals surface area contributed by atoms with Crippen LogP contribution in [0.5, 0.6) is 0 Å². The summed E-state index contributed by atoms with van der Waals surface area (Å²) in [5, 5.41) is 3.50. The summed E-state index contributed by atoms with van der Waals surface area (Å²) in [5.41, 5.74) is -0.509. The summed E-state index contributed by atoms with van der Waals surface area (Å²) in [4.78, 5) is 0. The zero-order valence-electron chi connectivity index (χ0n) is 9.06. The molecule has 96 valence electrons. The van der Waals surface area contributed by atoms with Crippen LogP contribution in [0.25, 0.3) is 0 Å². The van der Waals surface area contributed by atoms with Gasteiger partial charge < -0.3 is 0 Å². The van der Waals surface area contributed by atoms with Gasteiger partial charge in [0.05, 0.1) is 5.02 Å². The van der Waals surface area contributed by atoms with Crippen LogP contribution in [0.3, 0.4) is 0 Å². The monoisotopic (exact) mass is 270 g/mol. The van der Waals surface area contributed by atoms with Crippen LogP contribution >= 0.6 is 11.6 Å². The summed E-state index contributed by atoms with van der Waals surface area (Å²) in [7, 11) is 0. The molecule has 0 radical (unpaired) electrons. The summed E-state index contributed by atoms with van der Waals surface area (Å²) >= 11 is 5.62. The molecule has 1 aromatic rings. The SMILES string of the molecule is CC(F)(F)c1nn(CC2CC(F)(F)C2)cc1Cl. The normalized spacial score (nSPS) is 20.4. The average Bonchev–Trinajstić information content (AvgIpc) is 2.42. The van der Waals surface area contributed by atoms with Gasteiger partial charge in [0.15, 0.2) is 0 Å². The summed E-state index contributed by atoms with van der Waals surface area (Å²) in [6, 6.07) is 0. The third kappa shape index (κ3) is 2.73. The molecule has 0 spiro atoms. The van der Waals surface area contributed by atoms with Gasteiger partial charge in [-0.2, -0.15) is 13.9 Å². The van der Waals surface area contributed by atoms with Crippen LogP contribution < -0.4 is 0 Å². The first-order valence-electron chi connectivity index (χ1n) is 5.16. The topological polar surface area (TPSA) is 17.8 Å². The lowest BCUT2D eigenvalue weighted by molar-refractivity contribution is -0.114. The molecule has 17 heavy (non-hydrogen) atoms. The molecule has 0 atom stereocenters. The second kappa shape index (κ2) is 3.86. The van der Waals surface area contributed by atoms with E-state index in [1.807, 2.05) is 0 Å². The van der Waals surface area contributed by atoms with Crippen molar-refractivity contribution < 1.29 is 17.6 Å². The molecule has 1 aliphatic carbocycles. The van der Waals surface area contributed by atoms with Gasteiger partial charge in [-0.15, -0.1) is 0 Å². The molecule has 0 N–H and O–H groups in total. The molecular formula is C10H11ClF4N2. The average molecular weight is 271 g/mol. The molecule has 1 saturated carbocycles. The maximum absolute atomic E-state index is 13.0. The second-order valence-corrected chi connectivity index (χ2v) is 4.97. The largest absolute Gasteiger partial charge is 0.290 e. The van der Waals surface area contributed by atoms with Crippen LogP contribution in [-0.2, 0) is 12.5 Å². The predicted molar refractivity (Wildman–Crippen MR) is 54.5 cm³/mol. The summed E-state index contributed by atoms with van der Waals surface area (Å²) in [6.45, 7) is 0.897. The van der Waals surface area contributed by atoms with E-state index >= 15 is 0 Å². The van der Waals surface area contributed by atoms with E-state index < -0.39 is 17.5 Å². The minimum atomic E-state index is -3.12. The lowest BCUT2D eigenvalue weighted by Crippen LogP contribution is -2.37. The molecule has 1 heterocycles. The van der Waals surface area contributed by atoms with E-state index in [2.05, 4.69) is 5.10 Å². The van der Waals surface area contributed by atoms with Gasteiger partial charge in [-0.25, -0.2) is 8.78 Å². The summed E-state index contributed by atoms with van der Waals surface area (Å²) in [5.74, 6) is -5.95. The van der Waals surface area contributed by atoms with Crippen molar-refractivity contribution in [2.75, 3.05) is 0 Å². The Hall–Kier alpha value is -0.780. The van der Waals surface area contributed by atoms with E-state index in [0.717, 1.165) is 0 Å². The number of hydrogen-bond acceptors (Lipinski definition) is 1. The van der Waals surface area contributed by atoms with Gasteiger partial charge in [0.1, 0.15) is 5.69 Å². The fourth-order valence-electron chi connectivity index (χ4n) is 1.97. The lowest BCUT2D eigenvalue weighted by atomic mass is 9.81. The van der Waals surface area contributed by atoms with Crippen LogP contribution in [0, 0.1) is 5.92 Å². The van der Waals surface area contributed by atoms with E-state index in [1.165, 1.54) is 10.9 Å². The van der Waals surface area contributed by atoms with E-state index in [0.29, 0.717) is 6.92 Å². The molecule has 0 bridgehead atoms. The van der Waals surface area contributed by atoms with Crippen LogP contribution in [0.2, 0.25) is 5.02 Å². The number of rotatable bonds is 3. The highest BCUT2D eigenvalue weighted by atomic mass is 35.5. The fourth-order valence-corrected chi connectivity index (χ4v) is 2.28. The standard InChI is InChI=1S/C10H11ClF4N2/c1-9(12,13)8-7(11)5-17(16-8)4-6-2-10(14,15)3-6/h5-6H,2-4H2,1H3. The van der Waals surface area contributed by atoms with Crippen molar-refractivity contribution >= 4 is 11.6 Å². The van der Waals surface area contributed by atoms with Gasteiger partial charge in [0.2, 0.25) is 5.92 Å². The maximum atomic E-state index is 13.0. The van der Waals surface area contributed by atoms with Gasteiger partial charge >= 0.3 is 0 Å². The third-order valence-electron chi connectivity index (χ3n) is 2.75. The first-order valence-corrected chi connectivity index (χ1v) is 5.54. The Morgan fingerprint density at radius 1 is 1.53 bits per heavy atom. The number of halogens is 5. The Morgan fingerprint density at radius 2 is 2.12 bits per heavy atom. The van der Waals surface area contributed by atoms with Crippen LogP contribution in [0.4, 0.5) is 17.6 Å². The van der Waals surface area contributed by atoms with E-state index in [9.17, 15) is 17.6 Å².